The number of benzene rings is 1. The molecule has 110 valence electrons. The van der Waals surface area contributed by atoms with Crippen molar-refractivity contribution in [1.82, 2.24) is 9.88 Å². The van der Waals surface area contributed by atoms with Crippen LogP contribution >= 0.6 is 0 Å². The number of halogens is 1. The van der Waals surface area contributed by atoms with Crippen molar-refractivity contribution in [2.75, 3.05) is 13.1 Å². The number of aromatic nitrogens is 1. The monoisotopic (exact) mass is 288 g/mol. The molecule has 0 aliphatic carbocycles. The molecule has 1 fully saturated rings. The molecule has 1 amide bonds. The SMILES string of the molecule is C=CC(=O)N1CCC(Cc2nc3ccc(F)cc3o2)CC1. The predicted molar refractivity (Wildman–Crippen MR) is 77.2 cm³/mol. The van der Waals surface area contributed by atoms with Crippen LogP contribution in [0.2, 0.25) is 0 Å². The molecule has 1 aliphatic heterocycles. The van der Waals surface area contributed by atoms with Gasteiger partial charge in [-0.05, 0) is 37.0 Å². The minimum Gasteiger partial charge on any atom is -0.441 e. The summed E-state index contributed by atoms with van der Waals surface area (Å²) in [7, 11) is 0. The Morgan fingerprint density at radius 1 is 1.48 bits per heavy atom. The number of amides is 1. The Morgan fingerprint density at radius 2 is 2.24 bits per heavy atom. The fourth-order valence-electron chi connectivity index (χ4n) is 2.77. The molecule has 0 atom stereocenters. The van der Waals surface area contributed by atoms with Crippen LogP contribution in [0.4, 0.5) is 4.39 Å². The third-order valence-electron chi connectivity index (χ3n) is 3.96. The summed E-state index contributed by atoms with van der Waals surface area (Å²) in [5.41, 5.74) is 1.18. The minimum absolute atomic E-state index is 0.00853. The summed E-state index contributed by atoms with van der Waals surface area (Å²) in [6, 6.07) is 4.37. The lowest BCUT2D eigenvalue weighted by Gasteiger charge is -2.30. The highest BCUT2D eigenvalue weighted by Crippen LogP contribution is 2.24. The first-order chi connectivity index (χ1) is 10.2. The minimum atomic E-state index is -0.318. The zero-order chi connectivity index (χ0) is 14.8. The molecule has 21 heavy (non-hydrogen) atoms. The van der Waals surface area contributed by atoms with Crippen molar-refractivity contribution in [3.05, 3.63) is 42.6 Å². The Kier molecular flexibility index (Phi) is 3.73. The van der Waals surface area contributed by atoms with Crippen molar-refractivity contribution >= 4 is 17.0 Å². The number of likely N-dealkylation sites (tertiary alicyclic amines) is 1. The van der Waals surface area contributed by atoms with Crippen LogP contribution in [0, 0.1) is 11.7 Å². The molecule has 0 bridgehead atoms. The van der Waals surface area contributed by atoms with Crippen LogP contribution in [-0.4, -0.2) is 28.9 Å². The quantitative estimate of drug-likeness (QED) is 0.816. The van der Waals surface area contributed by atoms with E-state index in [4.69, 9.17) is 4.42 Å². The van der Waals surface area contributed by atoms with E-state index in [0.717, 1.165) is 32.4 Å². The molecule has 0 spiro atoms. The van der Waals surface area contributed by atoms with Gasteiger partial charge in [-0.2, -0.15) is 0 Å². The van der Waals surface area contributed by atoms with Crippen molar-refractivity contribution < 1.29 is 13.6 Å². The number of carbonyl (C=O) groups excluding carboxylic acids is 1. The largest absolute Gasteiger partial charge is 0.441 e. The Morgan fingerprint density at radius 3 is 2.95 bits per heavy atom. The molecule has 0 saturated carbocycles. The predicted octanol–water partition coefficient (Wildman–Crippen LogP) is 2.93. The molecule has 0 radical (unpaired) electrons. The number of oxazole rings is 1. The smallest absolute Gasteiger partial charge is 0.245 e. The van der Waals surface area contributed by atoms with Crippen LogP contribution in [0.5, 0.6) is 0 Å². The lowest BCUT2D eigenvalue weighted by atomic mass is 9.93. The first-order valence-corrected chi connectivity index (χ1v) is 7.12. The summed E-state index contributed by atoms with van der Waals surface area (Å²) in [5, 5.41) is 0. The second kappa shape index (κ2) is 5.68. The van der Waals surface area contributed by atoms with Gasteiger partial charge >= 0.3 is 0 Å². The molecule has 1 saturated heterocycles. The number of piperidine rings is 1. The van der Waals surface area contributed by atoms with E-state index in [-0.39, 0.29) is 11.7 Å². The van der Waals surface area contributed by atoms with Crippen molar-refractivity contribution in [2.24, 2.45) is 5.92 Å². The van der Waals surface area contributed by atoms with Crippen LogP contribution in [0.1, 0.15) is 18.7 Å². The molecule has 3 rings (SSSR count). The van der Waals surface area contributed by atoms with Crippen LogP contribution in [0.3, 0.4) is 0 Å². The summed E-state index contributed by atoms with van der Waals surface area (Å²) in [5.74, 6) is 0.758. The van der Waals surface area contributed by atoms with Gasteiger partial charge in [-0.1, -0.05) is 6.58 Å². The van der Waals surface area contributed by atoms with Gasteiger partial charge in [0.25, 0.3) is 0 Å². The molecule has 0 unspecified atom stereocenters. The molecule has 2 heterocycles. The second-order valence-corrected chi connectivity index (χ2v) is 5.40. The van der Waals surface area contributed by atoms with Crippen molar-refractivity contribution in [2.45, 2.75) is 19.3 Å². The third kappa shape index (κ3) is 2.96. The molecular weight excluding hydrogens is 271 g/mol. The van der Waals surface area contributed by atoms with Gasteiger partial charge in [0.1, 0.15) is 11.3 Å². The maximum Gasteiger partial charge on any atom is 0.245 e. The lowest BCUT2D eigenvalue weighted by Crippen LogP contribution is -2.37. The first-order valence-electron chi connectivity index (χ1n) is 7.12. The number of hydrogen-bond acceptors (Lipinski definition) is 3. The molecule has 1 aromatic heterocycles. The van der Waals surface area contributed by atoms with Crippen molar-refractivity contribution in [3.8, 4) is 0 Å². The third-order valence-corrected chi connectivity index (χ3v) is 3.96. The van der Waals surface area contributed by atoms with Crippen LogP contribution in [0.25, 0.3) is 11.1 Å². The second-order valence-electron chi connectivity index (χ2n) is 5.40. The first kappa shape index (κ1) is 13.8. The Balaban J connectivity index is 1.64. The number of nitrogens with zero attached hydrogens (tertiary/aromatic N) is 2. The van der Waals surface area contributed by atoms with Crippen LogP contribution < -0.4 is 0 Å². The highest BCUT2D eigenvalue weighted by Gasteiger charge is 2.23. The van der Waals surface area contributed by atoms with Gasteiger partial charge in [0.15, 0.2) is 11.5 Å². The fraction of sp³-hybridized carbons (Fsp3) is 0.375. The summed E-state index contributed by atoms with van der Waals surface area (Å²) < 4.78 is 18.7. The normalized spacial score (nSPS) is 16.3. The molecule has 2 aromatic rings. The van der Waals surface area contributed by atoms with Gasteiger partial charge in [0, 0.05) is 25.6 Å². The van der Waals surface area contributed by atoms with Gasteiger partial charge in [0.05, 0.1) is 0 Å². The van der Waals surface area contributed by atoms with Gasteiger partial charge in [-0.25, -0.2) is 9.37 Å². The molecule has 1 aliphatic rings. The molecule has 5 heteroatoms. The number of rotatable bonds is 3. The van der Waals surface area contributed by atoms with E-state index >= 15 is 0 Å². The average Bonchev–Trinajstić information content (AvgIpc) is 2.88. The van der Waals surface area contributed by atoms with E-state index in [1.54, 1.807) is 6.07 Å². The number of hydrogen-bond donors (Lipinski definition) is 0. The van der Waals surface area contributed by atoms with Crippen LogP contribution in [-0.2, 0) is 11.2 Å². The topological polar surface area (TPSA) is 46.3 Å². The summed E-state index contributed by atoms with van der Waals surface area (Å²) in [4.78, 5) is 17.7. The fourth-order valence-corrected chi connectivity index (χ4v) is 2.77. The van der Waals surface area contributed by atoms with Gasteiger partial charge in [-0.15, -0.1) is 0 Å². The summed E-state index contributed by atoms with van der Waals surface area (Å²) in [6.45, 7) is 4.99. The average molecular weight is 288 g/mol. The van der Waals surface area contributed by atoms with E-state index in [1.165, 1.54) is 18.2 Å². The van der Waals surface area contributed by atoms with E-state index in [0.29, 0.717) is 22.9 Å². The van der Waals surface area contributed by atoms with Gasteiger partial charge < -0.3 is 9.32 Å². The summed E-state index contributed by atoms with van der Waals surface area (Å²) in [6.07, 6.45) is 3.93. The Bertz CT molecular complexity index is 672. The molecular formula is C16H17FN2O2. The number of carbonyl (C=O) groups is 1. The van der Waals surface area contributed by atoms with Crippen molar-refractivity contribution in [1.29, 1.82) is 0 Å². The standard InChI is InChI=1S/C16H17FN2O2/c1-2-16(20)19-7-5-11(6-8-19)9-15-18-13-4-3-12(17)10-14(13)21-15/h2-4,10-11H,1,5-9H2. The van der Waals surface area contributed by atoms with Crippen molar-refractivity contribution in [3.63, 3.8) is 0 Å². The lowest BCUT2D eigenvalue weighted by molar-refractivity contribution is -0.127. The van der Waals surface area contributed by atoms with E-state index < -0.39 is 0 Å². The maximum absolute atomic E-state index is 13.1. The zero-order valence-electron chi connectivity index (χ0n) is 11.7. The molecule has 0 N–H and O–H groups in total. The zero-order valence-corrected chi connectivity index (χ0v) is 11.7. The Labute approximate surface area is 122 Å². The van der Waals surface area contributed by atoms with E-state index in [1.807, 2.05) is 4.90 Å². The maximum atomic E-state index is 13.1. The molecule has 1 aromatic carbocycles. The number of fused-ring (bicyclic) bond motifs is 1. The van der Waals surface area contributed by atoms with E-state index in [9.17, 15) is 9.18 Å². The highest BCUT2D eigenvalue weighted by atomic mass is 19.1. The van der Waals surface area contributed by atoms with Crippen LogP contribution in [0.15, 0.2) is 35.3 Å². The van der Waals surface area contributed by atoms with Gasteiger partial charge in [0.2, 0.25) is 5.91 Å². The summed E-state index contributed by atoms with van der Waals surface area (Å²) >= 11 is 0. The van der Waals surface area contributed by atoms with Gasteiger partial charge in [-0.3, -0.25) is 4.79 Å². The molecule has 4 nitrogen and oxygen atoms in total. The highest BCUT2D eigenvalue weighted by molar-refractivity contribution is 5.87. The Hall–Kier alpha value is -2.17. The van der Waals surface area contributed by atoms with E-state index in [2.05, 4.69) is 11.6 Å².